The van der Waals surface area contributed by atoms with E-state index >= 15 is 0 Å². The predicted molar refractivity (Wildman–Crippen MR) is 101 cm³/mol. The molecule has 0 spiro atoms. The van der Waals surface area contributed by atoms with Crippen molar-refractivity contribution in [1.82, 2.24) is 0 Å². The Morgan fingerprint density at radius 2 is 1.96 bits per heavy atom. The number of aliphatic hydroxyl groups excluding tert-OH is 1. The molecule has 0 aromatic carbocycles. The zero-order chi connectivity index (χ0) is 18.9. The van der Waals surface area contributed by atoms with E-state index in [-0.39, 0.29) is 34.9 Å². The summed E-state index contributed by atoms with van der Waals surface area (Å²) in [7, 11) is 0. The fraction of sp³-hybridized carbons (Fsp3) is 0.652. The quantitative estimate of drug-likeness (QED) is 0.766. The third-order valence-electron chi connectivity index (χ3n) is 8.12. The van der Waals surface area contributed by atoms with Gasteiger partial charge >= 0.3 is 0 Å². The monoisotopic (exact) mass is 354 g/mol. The number of Topliss-reactive ketones (excluding diaryl/α,β-unsaturated/α-hetero) is 1. The van der Waals surface area contributed by atoms with Gasteiger partial charge < -0.3 is 5.11 Å². The predicted octanol–water partition coefficient (Wildman–Crippen LogP) is 3.88. The molecular formula is C23H30O3. The zero-order valence-electron chi connectivity index (χ0n) is 16.3. The van der Waals surface area contributed by atoms with Crippen LogP contribution in [0.5, 0.6) is 0 Å². The Morgan fingerprint density at radius 1 is 1.23 bits per heavy atom. The first-order valence-electron chi connectivity index (χ1n) is 10.0. The molecule has 2 fully saturated rings. The highest BCUT2D eigenvalue weighted by Gasteiger charge is 2.59. The van der Waals surface area contributed by atoms with E-state index < -0.39 is 0 Å². The van der Waals surface area contributed by atoms with Crippen LogP contribution in [0.3, 0.4) is 0 Å². The molecule has 4 aliphatic carbocycles. The lowest BCUT2D eigenvalue weighted by atomic mass is 9.50. The molecule has 1 N–H and O–H groups in total. The van der Waals surface area contributed by atoms with E-state index in [9.17, 15) is 14.7 Å². The van der Waals surface area contributed by atoms with Crippen molar-refractivity contribution in [3.05, 3.63) is 35.5 Å². The highest BCUT2D eigenvalue weighted by atomic mass is 16.3. The molecular weight excluding hydrogens is 324 g/mol. The fourth-order valence-corrected chi connectivity index (χ4v) is 7.08. The summed E-state index contributed by atoms with van der Waals surface area (Å²) < 4.78 is 0. The Balaban J connectivity index is 1.78. The summed E-state index contributed by atoms with van der Waals surface area (Å²) in [5.41, 5.74) is 2.50. The van der Waals surface area contributed by atoms with Gasteiger partial charge in [-0.25, -0.2) is 0 Å². The molecule has 0 saturated heterocycles. The third-order valence-corrected chi connectivity index (χ3v) is 8.12. The minimum Gasteiger partial charge on any atom is -0.389 e. The average Bonchev–Trinajstić information content (AvgIpc) is 2.86. The highest BCUT2D eigenvalue weighted by Crippen LogP contribution is 2.65. The molecule has 0 heterocycles. The van der Waals surface area contributed by atoms with Gasteiger partial charge in [-0.1, -0.05) is 38.5 Å². The average molecular weight is 354 g/mol. The van der Waals surface area contributed by atoms with Crippen molar-refractivity contribution in [2.45, 2.75) is 47.0 Å². The molecule has 140 valence electrons. The van der Waals surface area contributed by atoms with Crippen LogP contribution in [-0.2, 0) is 9.59 Å². The number of fused-ring (bicyclic) bond motifs is 5. The second-order valence-electron chi connectivity index (χ2n) is 9.57. The smallest absolute Gasteiger partial charge is 0.178 e. The van der Waals surface area contributed by atoms with Crippen LogP contribution < -0.4 is 0 Å². The van der Waals surface area contributed by atoms with Crippen molar-refractivity contribution in [2.75, 3.05) is 6.61 Å². The standard InChI is InChI=1S/C23H30O3/c1-13-9-16-17(22(3)7-5-15(25)11-18(13)22)6-8-23(4)19(16)10-14(2)21(23)20(26)12-24/h5-7,11,13-14,16,19,21,24H,8-10,12H2,1-4H3/t13-,14+,16?,19?,21+,22+,23-/m0/s1. The summed E-state index contributed by atoms with van der Waals surface area (Å²) in [6.45, 7) is 8.61. The van der Waals surface area contributed by atoms with Gasteiger partial charge in [0.2, 0.25) is 0 Å². The van der Waals surface area contributed by atoms with Gasteiger partial charge in [-0.15, -0.1) is 0 Å². The molecule has 0 bridgehead atoms. The Hall–Kier alpha value is -1.48. The second-order valence-corrected chi connectivity index (χ2v) is 9.57. The van der Waals surface area contributed by atoms with E-state index in [0.29, 0.717) is 23.7 Å². The highest BCUT2D eigenvalue weighted by molar-refractivity contribution is 6.01. The van der Waals surface area contributed by atoms with Crippen molar-refractivity contribution >= 4 is 11.6 Å². The van der Waals surface area contributed by atoms with Crippen LogP contribution in [0.2, 0.25) is 0 Å². The molecule has 3 nitrogen and oxygen atoms in total. The lowest BCUT2D eigenvalue weighted by molar-refractivity contribution is -0.131. The molecule has 7 atom stereocenters. The van der Waals surface area contributed by atoms with Crippen molar-refractivity contribution in [3.63, 3.8) is 0 Å². The molecule has 2 saturated carbocycles. The summed E-state index contributed by atoms with van der Waals surface area (Å²) in [6, 6.07) is 0. The lowest BCUT2D eigenvalue weighted by Gasteiger charge is -2.54. The summed E-state index contributed by atoms with van der Waals surface area (Å²) >= 11 is 0. The van der Waals surface area contributed by atoms with E-state index in [2.05, 4.69) is 39.8 Å². The van der Waals surface area contributed by atoms with Crippen molar-refractivity contribution in [3.8, 4) is 0 Å². The van der Waals surface area contributed by atoms with Gasteiger partial charge in [-0.05, 0) is 73.0 Å². The molecule has 0 aromatic rings. The first-order valence-corrected chi connectivity index (χ1v) is 10.0. The minimum atomic E-state index is -0.343. The van der Waals surface area contributed by atoms with Crippen molar-refractivity contribution in [1.29, 1.82) is 0 Å². The van der Waals surface area contributed by atoms with E-state index in [1.165, 1.54) is 11.1 Å². The number of rotatable bonds is 2. The van der Waals surface area contributed by atoms with Crippen LogP contribution in [0.4, 0.5) is 0 Å². The van der Waals surface area contributed by atoms with Gasteiger partial charge in [0, 0.05) is 11.3 Å². The summed E-state index contributed by atoms with van der Waals surface area (Å²) in [6.07, 6.45) is 11.1. The zero-order valence-corrected chi connectivity index (χ0v) is 16.3. The fourth-order valence-electron chi connectivity index (χ4n) is 7.08. The molecule has 0 aliphatic heterocycles. The molecule has 2 unspecified atom stereocenters. The number of aliphatic hydroxyl groups is 1. The Kier molecular flexibility index (Phi) is 3.97. The van der Waals surface area contributed by atoms with Gasteiger partial charge in [0.15, 0.2) is 11.6 Å². The van der Waals surface area contributed by atoms with Crippen LogP contribution in [-0.4, -0.2) is 23.3 Å². The molecule has 0 amide bonds. The molecule has 0 aromatic heterocycles. The van der Waals surface area contributed by atoms with Crippen molar-refractivity contribution < 1.29 is 14.7 Å². The second kappa shape index (κ2) is 5.76. The topological polar surface area (TPSA) is 54.4 Å². The third kappa shape index (κ3) is 2.22. The van der Waals surface area contributed by atoms with Gasteiger partial charge in [0.25, 0.3) is 0 Å². The maximum Gasteiger partial charge on any atom is 0.178 e. The Bertz CT molecular complexity index is 757. The maximum atomic E-state index is 12.5. The van der Waals surface area contributed by atoms with Gasteiger partial charge in [-0.3, -0.25) is 9.59 Å². The van der Waals surface area contributed by atoms with E-state index in [0.717, 1.165) is 19.3 Å². The number of carbonyl (C=O) groups excluding carboxylic acids is 2. The van der Waals surface area contributed by atoms with Gasteiger partial charge in [0.05, 0.1) is 0 Å². The number of carbonyl (C=O) groups is 2. The van der Waals surface area contributed by atoms with Crippen LogP contribution in [0, 0.1) is 40.4 Å². The van der Waals surface area contributed by atoms with Crippen LogP contribution in [0.15, 0.2) is 35.5 Å². The molecule has 3 heteroatoms. The maximum absolute atomic E-state index is 12.5. The molecule has 4 rings (SSSR count). The molecule has 26 heavy (non-hydrogen) atoms. The number of hydrogen-bond acceptors (Lipinski definition) is 3. The lowest BCUT2D eigenvalue weighted by Crippen LogP contribution is -2.47. The first-order chi connectivity index (χ1) is 12.2. The van der Waals surface area contributed by atoms with Gasteiger partial charge in [-0.2, -0.15) is 0 Å². The number of hydrogen-bond donors (Lipinski definition) is 1. The number of allylic oxidation sites excluding steroid dienone is 6. The van der Waals surface area contributed by atoms with Crippen LogP contribution >= 0.6 is 0 Å². The molecule has 4 aliphatic rings. The van der Waals surface area contributed by atoms with Gasteiger partial charge in [0.1, 0.15) is 6.61 Å². The SMILES string of the molecule is C[C@@H]1CC2C3C[C@H](C)C4=CC(=O)C=C[C@]4(C)C3=CC[C@]2(C)[C@H]1C(=O)CO. The summed E-state index contributed by atoms with van der Waals surface area (Å²) in [5, 5.41) is 9.50. The van der Waals surface area contributed by atoms with E-state index in [1.54, 1.807) is 6.08 Å². The largest absolute Gasteiger partial charge is 0.389 e. The minimum absolute atomic E-state index is 0.0122. The number of ketones is 2. The van der Waals surface area contributed by atoms with E-state index in [4.69, 9.17) is 0 Å². The Morgan fingerprint density at radius 3 is 2.65 bits per heavy atom. The Labute approximate surface area is 156 Å². The molecule has 0 radical (unpaired) electrons. The summed E-state index contributed by atoms with van der Waals surface area (Å²) in [4.78, 5) is 24.5. The first kappa shape index (κ1) is 17.9. The van der Waals surface area contributed by atoms with E-state index in [1.807, 2.05) is 6.08 Å². The van der Waals surface area contributed by atoms with Crippen LogP contribution in [0.1, 0.15) is 47.0 Å². The summed E-state index contributed by atoms with van der Waals surface area (Å²) in [5.74, 6) is 1.71. The normalized spacial score (nSPS) is 46.8. The van der Waals surface area contributed by atoms with Crippen molar-refractivity contribution in [2.24, 2.45) is 40.4 Å². The van der Waals surface area contributed by atoms with Crippen LogP contribution in [0.25, 0.3) is 0 Å².